The van der Waals surface area contributed by atoms with E-state index >= 15 is 0 Å². The van der Waals surface area contributed by atoms with Gasteiger partial charge in [0, 0.05) is 19.6 Å². The molecule has 3 rings (SSSR count). The highest BCUT2D eigenvalue weighted by molar-refractivity contribution is 5.77. The lowest BCUT2D eigenvalue weighted by molar-refractivity contribution is -0.136. The van der Waals surface area contributed by atoms with E-state index in [9.17, 15) is 9.90 Å². The molecule has 2 saturated heterocycles. The van der Waals surface area contributed by atoms with Gasteiger partial charge in [0.15, 0.2) is 0 Å². The number of carbonyl (C=O) groups excluding carboxylic acids is 1. The standard InChI is InChI=1S/C18H32N2O2/c21-17(13-18(22)8-3-1-4-9-18)20-12-7-16(15-20)14-19-10-5-2-6-11-19/h16,22H,1-15H2. The molecule has 1 saturated carbocycles. The molecule has 0 bridgehead atoms. The summed E-state index contributed by atoms with van der Waals surface area (Å²) in [6.07, 6.45) is 10.5. The van der Waals surface area contributed by atoms with Crippen molar-refractivity contribution < 1.29 is 9.90 Å². The van der Waals surface area contributed by atoms with Gasteiger partial charge in [0.2, 0.25) is 5.91 Å². The van der Waals surface area contributed by atoms with E-state index in [4.69, 9.17) is 0 Å². The van der Waals surface area contributed by atoms with Crippen molar-refractivity contribution in [3.8, 4) is 0 Å². The number of aliphatic hydroxyl groups is 1. The molecule has 1 N–H and O–H groups in total. The summed E-state index contributed by atoms with van der Waals surface area (Å²) in [7, 11) is 0. The average molecular weight is 308 g/mol. The molecule has 4 nitrogen and oxygen atoms in total. The molecule has 1 aliphatic carbocycles. The van der Waals surface area contributed by atoms with Gasteiger partial charge in [0.25, 0.3) is 0 Å². The number of carbonyl (C=O) groups is 1. The Morgan fingerprint density at radius 1 is 1.00 bits per heavy atom. The summed E-state index contributed by atoms with van der Waals surface area (Å²) in [6, 6.07) is 0. The first-order chi connectivity index (χ1) is 10.6. The molecular weight excluding hydrogens is 276 g/mol. The Morgan fingerprint density at radius 3 is 2.41 bits per heavy atom. The minimum Gasteiger partial charge on any atom is -0.389 e. The molecule has 22 heavy (non-hydrogen) atoms. The second kappa shape index (κ2) is 7.31. The number of rotatable bonds is 4. The molecule has 0 aromatic rings. The largest absolute Gasteiger partial charge is 0.389 e. The maximum Gasteiger partial charge on any atom is 0.225 e. The monoisotopic (exact) mass is 308 g/mol. The maximum absolute atomic E-state index is 12.5. The van der Waals surface area contributed by atoms with Crippen molar-refractivity contribution in [1.29, 1.82) is 0 Å². The highest BCUT2D eigenvalue weighted by Gasteiger charge is 2.35. The van der Waals surface area contributed by atoms with Crippen molar-refractivity contribution in [1.82, 2.24) is 9.80 Å². The second-order valence-corrected chi connectivity index (χ2v) is 7.82. The number of hydrogen-bond acceptors (Lipinski definition) is 3. The minimum atomic E-state index is -0.708. The molecule has 0 aromatic carbocycles. The third kappa shape index (κ3) is 4.23. The van der Waals surface area contributed by atoms with Crippen LogP contribution in [0.1, 0.15) is 64.2 Å². The first-order valence-electron chi connectivity index (χ1n) is 9.37. The lowest BCUT2D eigenvalue weighted by atomic mass is 9.82. The van der Waals surface area contributed by atoms with Crippen LogP contribution >= 0.6 is 0 Å². The summed E-state index contributed by atoms with van der Waals surface area (Å²) in [5.41, 5.74) is -0.708. The Bertz CT molecular complexity index is 373. The fraction of sp³-hybridized carbons (Fsp3) is 0.944. The van der Waals surface area contributed by atoms with Crippen LogP contribution in [0.5, 0.6) is 0 Å². The van der Waals surface area contributed by atoms with Crippen LogP contribution in [0.2, 0.25) is 0 Å². The quantitative estimate of drug-likeness (QED) is 0.867. The van der Waals surface area contributed by atoms with Crippen LogP contribution in [0.4, 0.5) is 0 Å². The van der Waals surface area contributed by atoms with Gasteiger partial charge >= 0.3 is 0 Å². The average Bonchev–Trinajstić information content (AvgIpc) is 2.97. The summed E-state index contributed by atoms with van der Waals surface area (Å²) >= 11 is 0. The van der Waals surface area contributed by atoms with Crippen LogP contribution < -0.4 is 0 Å². The Kier molecular flexibility index (Phi) is 5.40. The summed E-state index contributed by atoms with van der Waals surface area (Å²) < 4.78 is 0. The number of likely N-dealkylation sites (tertiary alicyclic amines) is 2. The molecule has 0 radical (unpaired) electrons. The molecule has 0 aromatic heterocycles. The number of amides is 1. The third-order valence-corrected chi connectivity index (χ3v) is 5.87. The predicted molar refractivity (Wildman–Crippen MR) is 87.6 cm³/mol. The van der Waals surface area contributed by atoms with E-state index in [1.165, 1.54) is 38.8 Å². The Balaban J connectivity index is 1.44. The normalized spacial score (nSPS) is 29.7. The molecule has 1 atom stereocenters. The van der Waals surface area contributed by atoms with Gasteiger partial charge in [-0.2, -0.15) is 0 Å². The van der Waals surface area contributed by atoms with Gasteiger partial charge in [-0.3, -0.25) is 4.79 Å². The topological polar surface area (TPSA) is 43.8 Å². The van der Waals surface area contributed by atoms with Crippen molar-refractivity contribution in [2.75, 3.05) is 32.7 Å². The molecule has 1 amide bonds. The van der Waals surface area contributed by atoms with Gasteiger partial charge in [-0.15, -0.1) is 0 Å². The van der Waals surface area contributed by atoms with E-state index in [1.54, 1.807) is 0 Å². The van der Waals surface area contributed by atoms with Crippen LogP contribution in [-0.2, 0) is 4.79 Å². The summed E-state index contributed by atoms with van der Waals surface area (Å²) in [6.45, 7) is 5.45. The second-order valence-electron chi connectivity index (χ2n) is 7.82. The van der Waals surface area contributed by atoms with Gasteiger partial charge in [0.05, 0.1) is 12.0 Å². The van der Waals surface area contributed by atoms with Crippen LogP contribution in [0.15, 0.2) is 0 Å². The lowest BCUT2D eigenvalue weighted by Crippen LogP contribution is -2.40. The predicted octanol–water partition coefficient (Wildman–Crippen LogP) is 2.41. The molecule has 126 valence electrons. The van der Waals surface area contributed by atoms with E-state index < -0.39 is 5.60 Å². The molecular formula is C18H32N2O2. The zero-order valence-corrected chi connectivity index (χ0v) is 13.9. The Labute approximate surface area is 134 Å². The Hall–Kier alpha value is -0.610. The zero-order chi connectivity index (χ0) is 15.4. The van der Waals surface area contributed by atoms with Gasteiger partial charge in [0.1, 0.15) is 0 Å². The van der Waals surface area contributed by atoms with Crippen LogP contribution in [0.25, 0.3) is 0 Å². The fourth-order valence-electron chi connectivity index (χ4n) is 4.50. The maximum atomic E-state index is 12.5. The molecule has 2 aliphatic heterocycles. The van der Waals surface area contributed by atoms with Gasteiger partial charge in [-0.1, -0.05) is 25.7 Å². The molecule has 3 aliphatic rings. The zero-order valence-electron chi connectivity index (χ0n) is 13.9. The van der Waals surface area contributed by atoms with Gasteiger partial charge < -0.3 is 14.9 Å². The van der Waals surface area contributed by atoms with Crippen molar-refractivity contribution >= 4 is 5.91 Å². The number of piperidine rings is 1. The fourth-order valence-corrected chi connectivity index (χ4v) is 4.50. The molecule has 3 fully saturated rings. The highest BCUT2D eigenvalue weighted by atomic mass is 16.3. The lowest BCUT2D eigenvalue weighted by Gasteiger charge is -2.33. The van der Waals surface area contributed by atoms with Crippen molar-refractivity contribution in [3.05, 3.63) is 0 Å². The van der Waals surface area contributed by atoms with Crippen LogP contribution in [-0.4, -0.2) is 59.1 Å². The molecule has 0 spiro atoms. The number of nitrogens with zero attached hydrogens (tertiary/aromatic N) is 2. The van der Waals surface area contributed by atoms with E-state index in [1.807, 2.05) is 4.90 Å². The van der Waals surface area contributed by atoms with E-state index in [0.717, 1.165) is 51.7 Å². The summed E-state index contributed by atoms with van der Waals surface area (Å²) in [5.74, 6) is 0.827. The molecule has 1 unspecified atom stereocenters. The highest BCUT2D eigenvalue weighted by Crippen LogP contribution is 2.32. The van der Waals surface area contributed by atoms with Gasteiger partial charge in [-0.25, -0.2) is 0 Å². The van der Waals surface area contributed by atoms with E-state index in [2.05, 4.69) is 4.90 Å². The SMILES string of the molecule is O=C(CC1(O)CCCCC1)N1CCC(CN2CCCCC2)C1. The summed E-state index contributed by atoms with van der Waals surface area (Å²) in [5, 5.41) is 10.6. The smallest absolute Gasteiger partial charge is 0.225 e. The van der Waals surface area contributed by atoms with Crippen molar-refractivity contribution in [2.24, 2.45) is 5.92 Å². The first-order valence-corrected chi connectivity index (χ1v) is 9.37. The number of hydrogen-bond donors (Lipinski definition) is 1. The molecule has 2 heterocycles. The van der Waals surface area contributed by atoms with Gasteiger partial charge in [-0.05, 0) is 51.1 Å². The van der Waals surface area contributed by atoms with E-state index in [-0.39, 0.29) is 5.91 Å². The Morgan fingerprint density at radius 2 is 1.68 bits per heavy atom. The van der Waals surface area contributed by atoms with Crippen LogP contribution in [0.3, 0.4) is 0 Å². The summed E-state index contributed by atoms with van der Waals surface area (Å²) in [4.78, 5) is 17.1. The third-order valence-electron chi connectivity index (χ3n) is 5.87. The molecule has 4 heteroatoms. The van der Waals surface area contributed by atoms with Crippen molar-refractivity contribution in [2.45, 2.75) is 69.8 Å². The van der Waals surface area contributed by atoms with Crippen LogP contribution in [0, 0.1) is 5.92 Å². The first kappa shape index (κ1) is 16.3. The minimum absolute atomic E-state index is 0.186. The van der Waals surface area contributed by atoms with E-state index in [0.29, 0.717) is 12.3 Å². The van der Waals surface area contributed by atoms with Crippen molar-refractivity contribution in [3.63, 3.8) is 0 Å².